The predicted octanol–water partition coefficient (Wildman–Crippen LogP) is 5.91. The molecule has 150 valence electrons. The van der Waals surface area contributed by atoms with E-state index in [1.165, 1.54) is 7.11 Å². The number of thioether (sulfide) groups is 1. The Morgan fingerprint density at radius 1 is 1.07 bits per heavy atom. The summed E-state index contributed by atoms with van der Waals surface area (Å²) in [4.78, 5) is 20.1. The number of carbonyl (C=O) groups excluding carboxylic acids is 1. The molecule has 3 aromatic rings. The van der Waals surface area contributed by atoms with Gasteiger partial charge in [-0.15, -0.1) is 0 Å². The Labute approximate surface area is 177 Å². The maximum atomic E-state index is 13.3. The quantitative estimate of drug-likeness (QED) is 0.248. The Hall–Kier alpha value is -2.39. The zero-order valence-electron chi connectivity index (χ0n) is 15.0. The Morgan fingerprint density at radius 2 is 1.72 bits per heavy atom. The topological polar surface area (TPSA) is 52.1 Å². The molecule has 0 amide bonds. The van der Waals surface area contributed by atoms with Crippen molar-refractivity contribution in [2.45, 2.75) is 11.3 Å². The fourth-order valence-electron chi connectivity index (χ4n) is 2.39. The van der Waals surface area contributed by atoms with Gasteiger partial charge in [0.05, 0.1) is 18.6 Å². The summed E-state index contributed by atoms with van der Waals surface area (Å²) in [6, 6.07) is 14.1. The van der Waals surface area contributed by atoms with E-state index in [1.54, 1.807) is 48.5 Å². The highest BCUT2D eigenvalue weighted by atomic mass is 79.9. The van der Waals surface area contributed by atoms with E-state index in [9.17, 15) is 18.0 Å². The summed E-state index contributed by atoms with van der Waals surface area (Å²) in [5, 5.41) is -0.115. The molecule has 0 saturated carbocycles. The second-order valence-electron chi connectivity index (χ2n) is 5.87. The Morgan fingerprint density at radius 3 is 2.31 bits per heavy atom. The van der Waals surface area contributed by atoms with Gasteiger partial charge in [0.15, 0.2) is 10.9 Å². The van der Waals surface area contributed by atoms with Crippen molar-refractivity contribution in [1.82, 2.24) is 9.97 Å². The maximum Gasteiger partial charge on any atom is 0.433 e. The zero-order valence-corrected chi connectivity index (χ0v) is 17.4. The van der Waals surface area contributed by atoms with Gasteiger partial charge >= 0.3 is 6.18 Å². The number of methoxy groups -OCH3 is 1. The van der Waals surface area contributed by atoms with Gasteiger partial charge in [0.25, 0.3) is 0 Å². The number of Topliss-reactive ketones (excluding diaryl/α,β-unsaturated/α-hetero) is 1. The van der Waals surface area contributed by atoms with E-state index in [0.717, 1.165) is 22.3 Å². The standard InChI is InChI=1S/C20H14BrF3N2O2S/c1-28-15-8-4-12(5-9-15)16-10-18(20(22,23)24)26-19(25-16)29-11-17(27)13-2-6-14(21)7-3-13/h2-10H,11H2,1H3. The van der Waals surface area contributed by atoms with E-state index >= 15 is 0 Å². The van der Waals surface area contributed by atoms with Crippen molar-refractivity contribution in [1.29, 1.82) is 0 Å². The molecule has 29 heavy (non-hydrogen) atoms. The van der Waals surface area contributed by atoms with E-state index in [-0.39, 0.29) is 22.4 Å². The highest BCUT2D eigenvalue weighted by Crippen LogP contribution is 2.32. The normalized spacial score (nSPS) is 11.3. The molecule has 0 aliphatic heterocycles. The number of ketones is 1. The number of ether oxygens (including phenoxy) is 1. The molecule has 1 aromatic heterocycles. The van der Waals surface area contributed by atoms with Crippen LogP contribution in [0.3, 0.4) is 0 Å². The minimum absolute atomic E-state index is 0.0784. The minimum atomic E-state index is -4.63. The molecule has 3 rings (SSSR count). The Balaban J connectivity index is 1.86. The number of carbonyl (C=O) groups is 1. The van der Waals surface area contributed by atoms with Gasteiger partial charge in [-0.3, -0.25) is 4.79 Å². The SMILES string of the molecule is COc1ccc(-c2cc(C(F)(F)F)nc(SCC(=O)c3ccc(Br)cc3)n2)cc1. The lowest BCUT2D eigenvalue weighted by Crippen LogP contribution is -2.11. The Bertz CT molecular complexity index is 1010. The van der Waals surface area contributed by atoms with Gasteiger partial charge in [0.1, 0.15) is 11.4 Å². The molecule has 0 aliphatic rings. The van der Waals surface area contributed by atoms with Crippen LogP contribution in [0.15, 0.2) is 64.2 Å². The lowest BCUT2D eigenvalue weighted by atomic mass is 10.1. The lowest BCUT2D eigenvalue weighted by molar-refractivity contribution is -0.141. The highest BCUT2D eigenvalue weighted by Gasteiger charge is 2.34. The van der Waals surface area contributed by atoms with Crippen molar-refractivity contribution in [3.63, 3.8) is 0 Å². The third kappa shape index (κ3) is 5.57. The van der Waals surface area contributed by atoms with Crippen molar-refractivity contribution in [2.24, 2.45) is 0 Å². The van der Waals surface area contributed by atoms with Crippen molar-refractivity contribution < 1.29 is 22.7 Å². The first-order valence-electron chi connectivity index (χ1n) is 8.28. The average Bonchev–Trinajstić information content (AvgIpc) is 2.71. The molecular weight excluding hydrogens is 469 g/mol. The van der Waals surface area contributed by atoms with Gasteiger partial charge in [0.2, 0.25) is 0 Å². The van der Waals surface area contributed by atoms with E-state index < -0.39 is 11.9 Å². The molecule has 0 radical (unpaired) electrons. The summed E-state index contributed by atoms with van der Waals surface area (Å²) in [6.07, 6.45) is -4.63. The van der Waals surface area contributed by atoms with Gasteiger partial charge in [-0.05, 0) is 42.5 Å². The summed E-state index contributed by atoms with van der Waals surface area (Å²) in [5.74, 6) is 0.272. The third-order valence-corrected chi connectivity index (χ3v) is 5.26. The van der Waals surface area contributed by atoms with Crippen LogP contribution in [-0.2, 0) is 6.18 Å². The fourth-order valence-corrected chi connectivity index (χ4v) is 3.41. The first-order valence-corrected chi connectivity index (χ1v) is 10.1. The molecule has 0 N–H and O–H groups in total. The number of rotatable bonds is 6. The number of aromatic nitrogens is 2. The molecule has 0 aliphatic carbocycles. The smallest absolute Gasteiger partial charge is 0.433 e. The largest absolute Gasteiger partial charge is 0.497 e. The van der Waals surface area contributed by atoms with Crippen LogP contribution in [0.2, 0.25) is 0 Å². The summed E-state index contributed by atoms with van der Waals surface area (Å²) in [6.45, 7) is 0. The molecule has 0 bridgehead atoms. The van der Waals surface area contributed by atoms with Crippen LogP contribution in [0.25, 0.3) is 11.3 Å². The molecule has 0 atom stereocenters. The van der Waals surface area contributed by atoms with Crippen molar-refractivity contribution in [3.8, 4) is 17.0 Å². The lowest BCUT2D eigenvalue weighted by Gasteiger charge is -2.11. The van der Waals surface area contributed by atoms with Crippen molar-refractivity contribution in [2.75, 3.05) is 12.9 Å². The molecule has 4 nitrogen and oxygen atoms in total. The van der Waals surface area contributed by atoms with Crippen molar-refractivity contribution in [3.05, 3.63) is 70.3 Å². The first-order chi connectivity index (χ1) is 13.8. The Kier molecular flexibility index (Phi) is 6.59. The van der Waals surface area contributed by atoms with Crippen molar-refractivity contribution >= 4 is 33.5 Å². The average molecular weight is 483 g/mol. The monoisotopic (exact) mass is 482 g/mol. The molecule has 9 heteroatoms. The molecule has 0 fully saturated rings. The molecule has 0 saturated heterocycles. The van der Waals surface area contributed by atoms with Gasteiger partial charge in [-0.25, -0.2) is 9.97 Å². The van der Waals surface area contributed by atoms with Crippen LogP contribution in [0, 0.1) is 0 Å². The molecule has 0 spiro atoms. The van der Waals surface area contributed by atoms with Gasteiger partial charge < -0.3 is 4.74 Å². The number of alkyl halides is 3. The van der Waals surface area contributed by atoms with E-state index in [4.69, 9.17) is 4.74 Å². The van der Waals surface area contributed by atoms with Crippen LogP contribution < -0.4 is 4.74 Å². The highest BCUT2D eigenvalue weighted by molar-refractivity contribution is 9.10. The first kappa shape index (κ1) is 21.3. The van der Waals surface area contributed by atoms with Crippen LogP contribution in [0.4, 0.5) is 13.2 Å². The second-order valence-corrected chi connectivity index (χ2v) is 7.72. The summed E-state index contributed by atoms with van der Waals surface area (Å²) in [5.41, 5.74) is 0.00770. The van der Waals surface area contributed by atoms with Gasteiger partial charge in [-0.1, -0.05) is 39.8 Å². The summed E-state index contributed by atoms with van der Waals surface area (Å²) >= 11 is 4.15. The maximum absolute atomic E-state index is 13.3. The molecule has 0 unspecified atom stereocenters. The molecule has 1 heterocycles. The fraction of sp³-hybridized carbons (Fsp3) is 0.150. The van der Waals surface area contributed by atoms with E-state index in [1.807, 2.05) is 0 Å². The molecule has 2 aromatic carbocycles. The summed E-state index contributed by atoms with van der Waals surface area (Å²) in [7, 11) is 1.50. The van der Waals surface area contributed by atoms with Gasteiger partial charge in [-0.2, -0.15) is 13.2 Å². The number of nitrogens with zero attached hydrogens (tertiary/aromatic N) is 2. The van der Waals surface area contributed by atoms with Crippen LogP contribution in [-0.4, -0.2) is 28.6 Å². The second kappa shape index (κ2) is 8.96. The third-order valence-electron chi connectivity index (χ3n) is 3.88. The van der Waals surface area contributed by atoms with E-state index in [0.29, 0.717) is 16.9 Å². The van der Waals surface area contributed by atoms with E-state index in [2.05, 4.69) is 25.9 Å². The van der Waals surface area contributed by atoms with Crippen LogP contribution >= 0.6 is 27.7 Å². The zero-order chi connectivity index (χ0) is 21.0. The number of halogens is 4. The number of benzene rings is 2. The predicted molar refractivity (Wildman–Crippen MR) is 108 cm³/mol. The molecular formula is C20H14BrF3N2O2S. The number of hydrogen-bond donors (Lipinski definition) is 0. The summed E-state index contributed by atoms with van der Waals surface area (Å²) < 4.78 is 45.8. The van der Waals surface area contributed by atoms with Crippen LogP contribution in [0.5, 0.6) is 5.75 Å². The van der Waals surface area contributed by atoms with Crippen LogP contribution in [0.1, 0.15) is 16.1 Å². The number of hydrogen-bond acceptors (Lipinski definition) is 5. The van der Waals surface area contributed by atoms with Gasteiger partial charge in [0, 0.05) is 15.6 Å². The minimum Gasteiger partial charge on any atom is -0.497 e.